The van der Waals surface area contributed by atoms with E-state index in [1.807, 2.05) is 6.07 Å². The first-order chi connectivity index (χ1) is 9.31. The largest absolute Gasteiger partial charge is 0.484 e. The molecule has 3 rings (SSSR count). The number of nitrogens with one attached hydrogen (secondary N) is 1. The second-order valence-corrected chi connectivity index (χ2v) is 5.85. The number of hydrogen-bond donors (Lipinski definition) is 1. The van der Waals surface area contributed by atoms with E-state index in [9.17, 15) is 0 Å². The van der Waals surface area contributed by atoms with Crippen LogP contribution in [0.2, 0.25) is 5.02 Å². The summed E-state index contributed by atoms with van der Waals surface area (Å²) in [6, 6.07) is 6.19. The van der Waals surface area contributed by atoms with E-state index in [-0.39, 0.29) is 6.10 Å². The number of piperidine rings is 1. The Morgan fingerprint density at radius 1 is 1.26 bits per heavy atom. The van der Waals surface area contributed by atoms with Crippen LogP contribution in [0.5, 0.6) is 5.75 Å². The first kappa shape index (κ1) is 13.2. The molecule has 0 aliphatic carbocycles. The van der Waals surface area contributed by atoms with Gasteiger partial charge >= 0.3 is 0 Å². The van der Waals surface area contributed by atoms with Crippen LogP contribution in [0.25, 0.3) is 0 Å². The van der Waals surface area contributed by atoms with Crippen molar-refractivity contribution in [1.82, 2.24) is 5.32 Å². The predicted molar refractivity (Wildman–Crippen MR) is 76.0 cm³/mol. The highest BCUT2D eigenvalue weighted by atomic mass is 35.5. The lowest BCUT2D eigenvalue weighted by molar-refractivity contribution is -0.0796. The molecule has 19 heavy (non-hydrogen) atoms. The van der Waals surface area contributed by atoms with Crippen molar-refractivity contribution in [3.63, 3.8) is 0 Å². The Morgan fingerprint density at radius 3 is 2.68 bits per heavy atom. The zero-order valence-corrected chi connectivity index (χ0v) is 11.8. The van der Waals surface area contributed by atoms with Gasteiger partial charge in [-0.25, -0.2) is 0 Å². The van der Waals surface area contributed by atoms with Crippen molar-refractivity contribution >= 4 is 11.6 Å². The Bertz CT molecular complexity index is 428. The minimum Gasteiger partial charge on any atom is -0.484 e. The van der Waals surface area contributed by atoms with Crippen LogP contribution in [0.4, 0.5) is 0 Å². The molecule has 0 radical (unpaired) electrons. The minimum absolute atomic E-state index is 0.174. The van der Waals surface area contributed by atoms with Gasteiger partial charge in [-0.15, -0.1) is 0 Å². The Balaban J connectivity index is 1.61. The van der Waals surface area contributed by atoms with Crippen LogP contribution in [0.3, 0.4) is 0 Å². The van der Waals surface area contributed by atoms with Gasteiger partial charge in [0.25, 0.3) is 0 Å². The van der Waals surface area contributed by atoms with Crippen LogP contribution in [0.15, 0.2) is 18.2 Å². The molecule has 2 fully saturated rings. The van der Waals surface area contributed by atoms with Crippen LogP contribution >= 0.6 is 11.6 Å². The highest BCUT2D eigenvalue weighted by Crippen LogP contribution is 2.29. The van der Waals surface area contributed by atoms with E-state index < -0.39 is 0 Å². The molecule has 1 aromatic rings. The smallest absolute Gasteiger partial charge is 0.145 e. The van der Waals surface area contributed by atoms with Crippen molar-refractivity contribution in [2.75, 3.05) is 26.3 Å². The zero-order valence-electron chi connectivity index (χ0n) is 11.0. The van der Waals surface area contributed by atoms with Gasteiger partial charge < -0.3 is 14.8 Å². The van der Waals surface area contributed by atoms with Crippen molar-refractivity contribution in [1.29, 1.82) is 0 Å². The molecule has 0 aromatic heterocycles. The molecule has 0 amide bonds. The van der Waals surface area contributed by atoms with Gasteiger partial charge in [0.2, 0.25) is 0 Å². The van der Waals surface area contributed by atoms with E-state index in [1.165, 1.54) is 18.4 Å². The lowest BCUT2D eigenvalue weighted by Crippen LogP contribution is -2.38. The fraction of sp³-hybridized carbons (Fsp3) is 0.600. The van der Waals surface area contributed by atoms with E-state index in [0.717, 1.165) is 36.2 Å². The van der Waals surface area contributed by atoms with Gasteiger partial charge in [0.15, 0.2) is 0 Å². The maximum Gasteiger partial charge on any atom is 0.145 e. The van der Waals surface area contributed by atoms with Crippen molar-refractivity contribution < 1.29 is 9.47 Å². The first-order valence-electron chi connectivity index (χ1n) is 7.05. The molecule has 1 N–H and O–H groups in total. The molecule has 0 unspecified atom stereocenters. The third-order valence-corrected chi connectivity index (χ3v) is 4.18. The van der Waals surface area contributed by atoms with E-state index in [1.54, 1.807) is 0 Å². The molecule has 0 bridgehead atoms. The number of hydrogen-bond acceptors (Lipinski definition) is 3. The SMILES string of the molecule is Clc1cc(CC2CCNCC2)ccc1OC1COC1. The van der Waals surface area contributed by atoms with Crippen molar-refractivity contribution in [3.8, 4) is 5.75 Å². The molecule has 0 saturated carbocycles. The molecule has 4 heteroatoms. The van der Waals surface area contributed by atoms with Crippen LogP contribution in [0.1, 0.15) is 18.4 Å². The second-order valence-electron chi connectivity index (χ2n) is 5.44. The highest BCUT2D eigenvalue weighted by Gasteiger charge is 2.21. The lowest BCUT2D eigenvalue weighted by Gasteiger charge is -2.27. The Morgan fingerprint density at radius 2 is 2.05 bits per heavy atom. The third kappa shape index (κ3) is 3.41. The second kappa shape index (κ2) is 6.12. The summed E-state index contributed by atoms with van der Waals surface area (Å²) in [4.78, 5) is 0. The average molecular weight is 282 g/mol. The summed E-state index contributed by atoms with van der Waals surface area (Å²) in [6.45, 7) is 3.63. The maximum absolute atomic E-state index is 6.29. The molecular formula is C15H20ClNO2. The molecule has 0 atom stereocenters. The monoisotopic (exact) mass is 281 g/mol. The zero-order chi connectivity index (χ0) is 13.1. The van der Waals surface area contributed by atoms with Crippen molar-refractivity contribution in [2.24, 2.45) is 5.92 Å². The minimum atomic E-state index is 0.174. The predicted octanol–water partition coefficient (Wildman–Crippen LogP) is 2.66. The van der Waals surface area contributed by atoms with E-state index in [0.29, 0.717) is 13.2 Å². The van der Waals surface area contributed by atoms with Crippen molar-refractivity contribution in [2.45, 2.75) is 25.4 Å². The van der Waals surface area contributed by atoms with Gasteiger partial charge in [0.05, 0.1) is 18.2 Å². The Kier molecular flexibility index (Phi) is 4.26. The van der Waals surface area contributed by atoms with Gasteiger partial charge in [-0.3, -0.25) is 0 Å². The fourth-order valence-electron chi connectivity index (χ4n) is 2.65. The molecule has 3 nitrogen and oxygen atoms in total. The Hall–Kier alpha value is -0.770. The maximum atomic E-state index is 6.29. The summed E-state index contributed by atoms with van der Waals surface area (Å²) in [6.07, 6.45) is 3.81. The van der Waals surface area contributed by atoms with E-state index in [4.69, 9.17) is 21.1 Å². The summed E-state index contributed by atoms with van der Waals surface area (Å²) < 4.78 is 10.9. The van der Waals surface area contributed by atoms with Gasteiger partial charge in [-0.2, -0.15) is 0 Å². The Labute approximate surface area is 119 Å². The van der Waals surface area contributed by atoms with Crippen LogP contribution in [0, 0.1) is 5.92 Å². The van der Waals surface area contributed by atoms with Gasteiger partial charge in [0.1, 0.15) is 11.9 Å². The van der Waals surface area contributed by atoms with E-state index in [2.05, 4.69) is 17.4 Å². The standard InChI is InChI=1S/C15H20ClNO2/c16-14-8-12(7-11-3-5-17-6-4-11)1-2-15(14)19-13-9-18-10-13/h1-2,8,11,13,17H,3-7,9-10H2. The quantitative estimate of drug-likeness (QED) is 0.920. The molecule has 104 valence electrons. The molecule has 2 saturated heterocycles. The number of ether oxygens (including phenoxy) is 2. The summed E-state index contributed by atoms with van der Waals surface area (Å²) in [7, 11) is 0. The molecule has 2 aliphatic rings. The third-order valence-electron chi connectivity index (χ3n) is 3.88. The normalized spacial score (nSPS) is 21.1. The molecule has 0 spiro atoms. The van der Waals surface area contributed by atoms with Crippen LogP contribution in [-0.2, 0) is 11.2 Å². The topological polar surface area (TPSA) is 30.5 Å². The first-order valence-corrected chi connectivity index (χ1v) is 7.42. The number of rotatable bonds is 4. The number of halogens is 1. The summed E-state index contributed by atoms with van der Waals surface area (Å²) in [5, 5.41) is 4.12. The summed E-state index contributed by atoms with van der Waals surface area (Å²) >= 11 is 6.29. The number of benzene rings is 1. The fourth-order valence-corrected chi connectivity index (χ4v) is 2.90. The van der Waals surface area contributed by atoms with Gasteiger partial charge in [0, 0.05) is 0 Å². The molecule has 2 aliphatic heterocycles. The van der Waals surface area contributed by atoms with Crippen LogP contribution in [-0.4, -0.2) is 32.4 Å². The van der Waals surface area contributed by atoms with Gasteiger partial charge in [-0.1, -0.05) is 17.7 Å². The lowest BCUT2D eigenvalue weighted by atomic mass is 9.91. The van der Waals surface area contributed by atoms with Gasteiger partial charge in [-0.05, 0) is 56.0 Å². The summed E-state index contributed by atoms with van der Waals surface area (Å²) in [5.74, 6) is 1.56. The molecule has 2 heterocycles. The summed E-state index contributed by atoms with van der Waals surface area (Å²) in [5.41, 5.74) is 1.31. The molecule has 1 aromatic carbocycles. The van der Waals surface area contributed by atoms with E-state index >= 15 is 0 Å². The highest BCUT2D eigenvalue weighted by molar-refractivity contribution is 6.32. The average Bonchev–Trinajstić information content (AvgIpc) is 2.37. The molecular weight excluding hydrogens is 262 g/mol. The van der Waals surface area contributed by atoms with Crippen molar-refractivity contribution in [3.05, 3.63) is 28.8 Å². The van der Waals surface area contributed by atoms with Crippen LogP contribution < -0.4 is 10.1 Å².